The van der Waals surface area contributed by atoms with Crippen LogP contribution in [0, 0.1) is 6.92 Å². The smallest absolute Gasteiger partial charge is 0.418 e. The standard InChI is InChI=1S/C18H21Cl2NO6S2/c1-12-10-14(26-8-2-6-19)15(27-9-3-7-20)11-13(12)16-4-5-17(28-16)29(24,25)21-18(22)23/h4-5,10-11,21H,2-3,6-9H2,1H3,(H,22,23). The van der Waals surface area contributed by atoms with Gasteiger partial charge in [0, 0.05) is 16.6 Å². The van der Waals surface area contributed by atoms with E-state index < -0.39 is 16.1 Å². The summed E-state index contributed by atoms with van der Waals surface area (Å²) in [6.45, 7) is 2.72. The number of carboxylic acid groups (broad SMARTS) is 1. The van der Waals surface area contributed by atoms with Crippen LogP contribution >= 0.6 is 34.5 Å². The average molecular weight is 482 g/mol. The number of aryl methyl sites for hydroxylation is 1. The second-order valence-electron chi connectivity index (χ2n) is 5.93. The van der Waals surface area contributed by atoms with Gasteiger partial charge in [0.25, 0.3) is 10.0 Å². The summed E-state index contributed by atoms with van der Waals surface area (Å²) in [5, 5.41) is 8.70. The van der Waals surface area contributed by atoms with Gasteiger partial charge in [0.05, 0.1) is 13.2 Å². The van der Waals surface area contributed by atoms with Gasteiger partial charge in [-0.05, 0) is 55.2 Å². The Kier molecular flexibility index (Phi) is 8.88. The molecule has 160 valence electrons. The molecule has 0 aliphatic heterocycles. The third-order valence-corrected chi connectivity index (χ3v) is 7.16. The van der Waals surface area contributed by atoms with E-state index in [4.69, 9.17) is 37.8 Å². The van der Waals surface area contributed by atoms with Crippen molar-refractivity contribution in [2.24, 2.45) is 0 Å². The van der Waals surface area contributed by atoms with E-state index in [1.807, 2.05) is 13.0 Å². The number of hydrogen-bond donors (Lipinski definition) is 2. The van der Waals surface area contributed by atoms with Gasteiger partial charge in [0.2, 0.25) is 0 Å². The SMILES string of the molecule is Cc1cc(OCCCCl)c(OCCCCl)cc1-c1ccc(S(=O)(=O)NC(=O)O)s1. The van der Waals surface area contributed by atoms with Crippen LogP contribution in [0.2, 0.25) is 0 Å². The predicted molar refractivity (Wildman–Crippen MR) is 115 cm³/mol. The van der Waals surface area contributed by atoms with Gasteiger partial charge in [-0.2, -0.15) is 0 Å². The Bertz CT molecular complexity index is 946. The molecule has 1 aromatic carbocycles. The number of carbonyl (C=O) groups is 1. The van der Waals surface area contributed by atoms with Crippen molar-refractivity contribution in [1.82, 2.24) is 4.72 Å². The molecule has 0 saturated carbocycles. The Hall–Kier alpha value is -1.68. The zero-order valence-electron chi connectivity index (χ0n) is 15.6. The van der Waals surface area contributed by atoms with Crippen LogP contribution in [-0.2, 0) is 10.0 Å². The lowest BCUT2D eigenvalue weighted by molar-refractivity contribution is 0.201. The molecule has 29 heavy (non-hydrogen) atoms. The van der Waals surface area contributed by atoms with Gasteiger partial charge in [-0.1, -0.05) is 0 Å². The number of nitrogens with one attached hydrogen (secondary N) is 1. The van der Waals surface area contributed by atoms with Crippen LogP contribution in [0.5, 0.6) is 11.5 Å². The number of halogens is 2. The maximum absolute atomic E-state index is 12.1. The van der Waals surface area contributed by atoms with Crippen molar-refractivity contribution in [2.75, 3.05) is 25.0 Å². The lowest BCUT2D eigenvalue weighted by Gasteiger charge is -2.15. The molecule has 0 bridgehead atoms. The zero-order chi connectivity index (χ0) is 21.4. The van der Waals surface area contributed by atoms with E-state index in [1.165, 1.54) is 10.8 Å². The monoisotopic (exact) mass is 481 g/mol. The summed E-state index contributed by atoms with van der Waals surface area (Å²) in [4.78, 5) is 11.4. The molecule has 11 heteroatoms. The second-order valence-corrected chi connectivity index (χ2v) is 9.67. The summed E-state index contributed by atoms with van der Waals surface area (Å²) >= 11 is 12.4. The molecule has 0 radical (unpaired) electrons. The van der Waals surface area contributed by atoms with Gasteiger partial charge in [-0.15, -0.1) is 34.5 Å². The lowest BCUT2D eigenvalue weighted by atomic mass is 10.1. The Morgan fingerprint density at radius 2 is 1.69 bits per heavy atom. The molecule has 0 aliphatic carbocycles. The molecule has 2 N–H and O–H groups in total. The zero-order valence-corrected chi connectivity index (χ0v) is 18.8. The lowest BCUT2D eigenvalue weighted by Crippen LogP contribution is -2.28. The van der Waals surface area contributed by atoms with Crippen molar-refractivity contribution in [2.45, 2.75) is 24.0 Å². The molecule has 1 amide bonds. The minimum absolute atomic E-state index is 0.0960. The molecular weight excluding hydrogens is 461 g/mol. The summed E-state index contributed by atoms with van der Waals surface area (Å²) < 4.78 is 37.1. The van der Waals surface area contributed by atoms with Gasteiger partial charge >= 0.3 is 6.09 Å². The van der Waals surface area contributed by atoms with Crippen LogP contribution in [0.1, 0.15) is 18.4 Å². The minimum Gasteiger partial charge on any atom is -0.490 e. The average Bonchev–Trinajstić information content (AvgIpc) is 3.13. The topological polar surface area (TPSA) is 102 Å². The number of rotatable bonds is 11. The van der Waals surface area contributed by atoms with Gasteiger partial charge in [-0.3, -0.25) is 0 Å². The first-order valence-electron chi connectivity index (χ1n) is 8.66. The Labute approximate surface area is 183 Å². The Balaban J connectivity index is 2.37. The fourth-order valence-electron chi connectivity index (χ4n) is 2.40. The van der Waals surface area contributed by atoms with Crippen LogP contribution < -0.4 is 14.2 Å². The third-order valence-electron chi connectivity index (χ3n) is 3.70. The summed E-state index contributed by atoms with van der Waals surface area (Å²) in [5.74, 6) is 2.04. The van der Waals surface area contributed by atoms with E-state index in [0.717, 1.165) is 22.5 Å². The van der Waals surface area contributed by atoms with E-state index in [9.17, 15) is 13.2 Å². The minimum atomic E-state index is -4.12. The summed E-state index contributed by atoms with van der Waals surface area (Å²) in [5.41, 5.74) is 1.62. The highest BCUT2D eigenvalue weighted by Gasteiger charge is 2.21. The van der Waals surface area contributed by atoms with Crippen LogP contribution in [0.3, 0.4) is 0 Å². The molecule has 0 aliphatic rings. The maximum Gasteiger partial charge on any atom is 0.418 e. The number of ether oxygens (including phenoxy) is 2. The molecule has 0 fully saturated rings. The highest BCUT2D eigenvalue weighted by atomic mass is 35.5. The molecule has 0 unspecified atom stereocenters. The molecule has 1 aromatic heterocycles. The highest BCUT2D eigenvalue weighted by Crippen LogP contribution is 2.39. The molecule has 2 aromatic rings. The number of sulfonamides is 1. The summed E-state index contributed by atoms with van der Waals surface area (Å²) in [7, 11) is -4.12. The van der Waals surface area contributed by atoms with Crippen LogP contribution in [-0.4, -0.2) is 44.6 Å². The number of thiophene rings is 1. The van der Waals surface area contributed by atoms with Crippen molar-refractivity contribution in [3.8, 4) is 21.9 Å². The number of benzene rings is 1. The highest BCUT2D eigenvalue weighted by molar-refractivity contribution is 7.92. The van der Waals surface area contributed by atoms with Crippen LogP contribution in [0.25, 0.3) is 10.4 Å². The quantitative estimate of drug-likeness (QED) is 0.356. The molecule has 0 saturated heterocycles. The Morgan fingerprint density at radius 1 is 1.10 bits per heavy atom. The number of amides is 1. The van der Waals surface area contributed by atoms with Gasteiger partial charge < -0.3 is 14.6 Å². The van der Waals surface area contributed by atoms with E-state index in [2.05, 4.69) is 0 Å². The number of alkyl halides is 2. The van der Waals surface area contributed by atoms with Crippen molar-refractivity contribution in [1.29, 1.82) is 0 Å². The van der Waals surface area contributed by atoms with Gasteiger partial charge in [0.15, 0.2) is 11.5 Å². The molecule has 2 rings (SSSR count). The maximum atomic E-state index is 12.1. The number of hydrogen-bond acceptors (Lipinski definition) is 6. The fourth-order valence-corrected chi connectivity index (χ4v) is 4.85. The van der Waals surface area contributed by atoms with E-state index in [-0.39, 0.29) is 4.21 Å². The predicted octanol–water partition coefficient (Wildman–Crippen LogP) is 4.70. The third kappa shape index (κ3) is 6.67. The van der Waals surface area contributed by atoms with E-state index >= 15 is 0 Å². The fraction of sp³-hybridized carbons (Fsp3) is 0.389. The van der Waals surface area contributed by atoms with E-state index in [0.29, 0.717) is 54.2 Å². The Morgan fingerprint density at radius 3 is 2.24 bits per heavy atom. The first-order valence-corrected chi connectivity index (χ1v) is 12.0. The van der Waals surface area contributed by atoms with Crippen molar-refractivity contribution in [3.05, 3.63) is 29.8 Å². The van der Waals surface area contributed by atoms with Gasteiger partial charge in [-0.25, -0.2) is 17.9 Å². The molecule has 0 spiro atoms. The molecular formula is C18H21Cl2NO6S2. The summed E-state index contributed by atoms with van der Waals surface area (Å²) in [6, 6.07) is 6.60. The first-order chi connectivity index (χ1) is 13.8. The van der Waals surface area contributed by atoms with Crippen molar-refractivity contribution in [3.63, 3.8) is 0 Å². The molecule has 1 heterocycles. The summed E-state index contributed by atoms with van der Waals surface area (Å²) in [6.07, 6.45) is -0.287. The molecule has 0 atom stereocenters. The van der Waals surface area contributed by atoms with Crippen LogP contribution in [0.4, 0.5) is 4.79 Å². The first kappa shape index (κ1) is 23.6. The van der Waals surface area contributed by atoms with Crippen LogP contribution in [0.15, 0.2) is 28.5 Å². The molecule has 7 nitrogen and oxygen atoms in total. The normalized spacial score (nSPS) is 11.3. The van der Waals surface area contributed by atoms with Gasteiger partial charge in [0.1, 0.15) is 4.21 Å². The van der Waals surface area contributed by atoms with Crippen molar-refractivity contribution < 1.29 is 27.8 Å². The largest absolute Gasteiger partial charge is 0.490 e. The van der Waals surface area contributed by atoms with Crippen molar-refractivity contribution >= 4 is 50.7 Å². The van der Waals surface area contributed by atoms with E-state index in [1.54, 1.807) is 12.1 Å². The second kappa shape index (κ2) is 10.9.